The minimum Gasteiger partial charge on any atom is -0.362 e. The van der Waals surface area contributed by atoms with Gasteiger partial charge >= 0.3 is 0 Å². The molecule has 0 fully saturated rings. The maximum atomic E-state index is 11.7. The summed E-state index contributed by atoms with van der Waals surface area (Å²) in [5.74, 6) is 0.0495. The smallest absolute Gasteiger partial charge is 0.239 e. The van der Waals surface area contributed by atoms with Crippen LogP contribution in [-0.4, -0.2) is 32.6 Å². The van der Waals surface area contributed by atoms with Crippen molar-refractivity contribution < 1.29 is 4.79 Å². The van der Waals surface area contributed by atoms with Crippen LogP contribution in [0.4, 0.5) is 5.69 Å². The molecule has 112 valence electrons. The first-order valence-corrected chi connectivity index (χ1v) is 7.38. The van der Waals surface area contributed by atoms with Crippen LogP contribution < -0.4 is 15.5 Å². The lowest BCUT2D eigenvalue weighted by atomic mass is 10.1. The van der Waals surface area contributed by atoms with Crippen LogP contribution in [0.1, 0.15) is 31.4 Å². The Bertz CT molecular complexity index is 432. The number of nitrogens with one attached hydrogen (secondary N) is 2. The van der Waals surface area contributed by atoms with Gasteiger partial charge in [-0.3, -0.25) is 4.79 Å². The summed E-state index contributed by atoms with van der Waals surface area (Å²) in [5.41, 5.74) is 3.66. The van der Waals surface area contributed by atoms with Crippen molar-refractivity contribution in [3.05, 3.63) is 29.3 Å². The third kappa shape index (κ3) is 4.85. The molecule has 1 rings (SSSR count). The molecule has 4 heteroatoms. The molecule has 4 nitrogen and oxygen atoms in total. The maximum Gasteiger partial charge on any atom is 0.239 e. The predicted molar refractivity (Wildman–Crippen MR) is 85.1 cm³/mol. The van der Waals surface area contributed by atoms with E-state index in [1.807, 2.05) is 0 Å². The third-order valence-corrected chi connectivity index (χ3v) is 3.25. The Labute approximate surface area is 122 Å². The average molecular weight is 277 g/mol. The first-order valence-electron chi connectivity index (χ1n) is 7.38. The number of carbonyl (C=O) groups is 1. The van der Waals surface area contributed by atoms with Gasteiger partial charge in [0.1, 0.15) is 0 Å². The molecule has 0 aliphatic carbocycles. The van der Waals surface area contributed by atoms with Crippen molar-refractivity contribution in [2.75, 3.05) is 31.6 Å². The molecule has 0 unspecified atom stereocenters. The average Bonchev–Trinajstić information content (AvgIpc) is 2.44. The van der Waals surface area contributed by atoms with Gasteiger partial charge in [-0.25, -0.2) is 0 Å². The summed E-state index contributed by atoms with van der Waals surface area (Å²) >= 11 is 0. The molecule has 0 spiro atoms. The minimum absolute atomic E-state index is 0.0495. The number of rotatable bonds is 8. The van der Waals surface area contributed by atoms with Gasteiger partial charge in [-0.15, -0.1) is 0 Å². The molecule has 20 heavy (non-hydrogen) atoms. The van der Waals surface area contributed by atoms with E-state index in [2.05, 4.69) is 54.5 Å². The maximum absolute atomic E-state index is 11.7. The van der Waals surface area contributed by atoms with Crippen LogP contribution in [-0.2, 0) is 11.3 Å². The van der Waals surface area contributed by atoms with Crippen LogP contribution in [0.2, 0.25) is 0 Å². The fraction of sp³-hybridized carbons (Fsp3) is 0.562. The zero-order valence-corrected chi connectivity index (χ0v) is 13.1. The molecule has 0 saturated carbocycles. The quantitative estimate of drug-likeness (QED) is 0.764. The standard InChI is InChI=1S/C16H27N3O/c1-5-9-19(12-16(20)17-4)15-8-7-13(3)10-14(15)11-18-6-2/h7-8,10,18H,5-6,9,11-12H2,1-4H3,(H,17,20). The van der Waals surface area contributed by atoms with Crippen molar-refractivity contribution in [3.8, 4) is 0 Å². The first-order chi connectivity index (χ1) is 9.62. The highest BCUT2D eigenvalue weighted by molar-refractivity contribution is 5.81. The van der Waals surface area contributed by atoms with Gasteiger partial charge in [0.2, 0.25) is 5.91 Å². The number of hydrogen-bond acceptors (Lipinski definition) is 3. The van der Waals surface area contributed by atoms with Crippen molar-refractivity contribution in [3.63, 3.8) is 0 Å². The van der Waals surface area contributed by atoms with Crippen LogP contribution in [0.5, 0.6) is 0 Å². The largest absolute Gasteiger partial charge is 0.362 e. The van der Waals surface area contributed by atoms with Gasteiger partial charge in [0.25, 0.3) is 0 Å². The van der Waals surface area contributed by atoms with E-state index >= 15 is 0 Å². The monoisotopic (exact) mass is 277 g/mol. The number of carbonyl (C=O) groups excluding carboxylic acids is 1. The van der Waals surface area contributed by atoms with Crippen molar-refractivity contribution in [2.45, 2.75) is 33.7 Å². The molecule has 1 aromatic carbocycles. The fourth-order valence-electron chi connectivity index (χ4n) is 2.23. The molecule has 0 aromatic heterocycles. The number of likely N-dealkylation sites (N-methyl/N-ethyl adjacent to an activating group) is 1. The Morgan fingerprint density at radius 1 is 1.30 bits per heavy atom. The highest BCUT2D eigenvalue weighted by atomic mass is 16.1. The van der Waals surface area contributed by atoms with Crippen LogP contribution >= 0.6 is 0 Å². The summed E-state index contributed by atoms with van der Waals surface area (Å²) in [6, 6.07) is 6.43. The van der Waals surface area contributed by atoms with Gasteiger partial charge in [-0.2, -0.15) is 0 Å². The zero-order chi connectivity index (χ0) is 15.0. The Morgan fingerprint density at radius 2 is 2.05 bits per heavy atom. The number of anilines is 1. The van der Waals surface area contributed by atoms with E-state index in [1.165, 1.54) is 11.1 Å². The lowest BCUT2D eigenvalue weighted by molar-refractivity contribution is -0.119. The highest BCUT2D eigenvalue weighted by Gasteiger charge is 2.13. The Kier molecular flexibility index (Phi) is 7.09. The van der Waals surface area contributed by atoms with E-state index in [0.717, 1.165) is 31.7 Å². The van der Waals surface area contributed by atoms with Crippen LogP contribution in [0.25, 0.3) is 0 Å². The van der Waals surface area contributed by atoms with Gasteiger partial charge in [0.05, 0.1) is 6.54 Å². The lowest BCUT2D eigenvalue weighted by Crippen LogP contribution is -2.37. The van der Waals surface area contributed by atoms with E-state index in [4.69, 9.17) is 0 Å². The van der Waals surface area contributed by atoms with Crippen molar-refractivity contribution in [1.29, 1.82) is 0 Å². The van der Waals surface area contributed by atoms with Gasteiger partial charge in [-0.1, -0.05) is 31.5 Å². The molecule has 0 heterocycles. The molecular formula is C16H27N3O. The summed E-state index contributed by atoms with van der Waals surface area (Å²) < 4.78 is 0. The highest BCUT2D eigenvalue weighted by Crippen LogP contribution is 2.22. The summed E-state index contributed by atoms with van der Waals surface area (Å²) in [4.78, 5) is 13.9. The number of aryl methyl sites for hydroxylation is 1. The summed E-state index contributed by atoms with van der Waals surface area (Å²) in [5, 5.41) is 6.07. The molecule has 1 aromatic rings. The third-order valence-electron chi connectivity index (χ3n) is 3.25. The molecule has 2 N–H and O–H groups in total. The fourth-order valence-corrected chi connectivity index (χ4v) is 2.23. The van der Waals surface area contributed by atoms with Gasteiger partial charge in [0, 0.05) is 25.8 Å². The van der Waals surface area contributed by atoms with E-state index in [9.17, 15) is 4.79 Å². The second-order valence-corrected chi connectivity index (χ2v) is 5.01. The van der Waals surface area contributed by atoms with E-state index < -0.39 is 0 Å². The SMILES string of the molecule is CCCN(CC(=O)NC)c1ccc(C)cc1CNCC. The van der Waals surface area contributed by atoms with Gasteiger partial charge in [0.15, 0.2) is 0 Å². The van der Waals surface area contributed by atoms with Gasteiger partial charge in [-0.05, 0) is 31.5 Å². The molecule has 0 atom stereocenters. The summed E-state index contributed by atoms with van der Waals surface area (Å²) in [6.45, 7) is 9.40. The summed E-state index contributed by atoms with van der Waals surface area (Å²) in [7, 11) is 1.68. The Morgan fingerprint density at radius 3 is 2.65 bits per heavy atom. The summed E-state index contributed by atoms with van der Waals surface area (Å²) in [6.07, 6.45) is 1.02. The van der Waals surface area contributed by atoms with Crippen molar-refractivity contribution >= 4 is 11.6 Å². The van der Waals surface area contributed by atoms with E-state index in [0.29, 0.717) is 6.54 Å². The Balaban J connectivity index is 3.00. The van der Waals surface area contributed by atoms with Crippen LogP contribution in [0.15, 0.2) is 18.2 Å². The minimum atomic E-state index is 0.0495. The lowest BCUT2D eigenvalue weighted by Gasteiger charge is -2.26. The molecule has 1 amide bonds. The predicted octanol–water partition coefficient (Wildman–Crippen LogP) is 2.07. The van der Waals surface area contributed by atoms with Crippen molar-refractivity contribution in [1.82, 2.24) is 10.6 Å². The molecule has 0 radical (unpaired) electrons. The molecule has 0 bridgehead atoms. The topological polar surface area (TPSA) is 44.4 Å². The normalized spacial score (nSPS) is 10.4. The van der Waals surface area contributed by atoms with Crippen LogP contribution in [0.3, 0.4) is 0 Å². The molecule has 0 aliphatic rings. The number of amides is 1. The second-order valence-electron chi connectivity index (χ2n) is 5.01. The first kappa shape index (κ1) is 16.5. The Hall–Kier alpha value is -1.55. The van der Waals surface area contributed by atoms with Crippen molar-refractivity contribution in [2.24, 2.45) is 0 Å². The second kappa shape index (κ2) is 8.59. The number of benzene rings is 1. The molecule has 0 aliphatic heterocycles. The molecular weight excluding hydrogens is 250 g/mol. The number of nitrogens with zero attached hydrogens (tertiary/aromatic N) is 1. The molecule has 0 saturated heterocycles. The van der Waals surface area contributed by atoms with Gasteiger partial charge < -0.3 is 15.5 Å². The van der Waals surface area contributed by atoms with Crippen LogP contribution in [0, 0.1) is 6.92 Å². The number of hydrogen-bond donors (Lipinski definition) is 2. The van der Waals surface area contributed by atoms with E-state index in [1.54, 1.807) is 7.05 Å². The van der Waals surface area contributed by atoms with E-state index in [-0.39, 0.29) is 5.91 Å². The zero-order valence-electron chi connectivity index (χ0n) is 13.1.